The quantitative estimate of drug-likeness (QED) is 0.795. The maximum absolute atomic E-state index is 11.3. The Hall–Kier alpha value is -1.55. The number of hydrogen-bond donors (Lipinski definition) is 2. The number of benzene rings is 1. The van der Waals surface area contributed by atoms with E-state index in [0.717, 1.165) is 37.3 Å². The van der Waals surface area contributed by atoms with Crippen LogP contribution in [0.2, 0.25) is 0 Å². The van der Waals surface area contributed by atoms with Gasteiger partial charge in [-0.3, -0.25) is 4.79 Å². The van der Waals surface area contributed by atoms with E-state index in [4.69, 9.17) is 5.73 Å². The first-order chi connectivity index (χ1) is 8.11. The molecule has 0 atom stereocenters. The van der Waals surface area contributed by atoms with Gasteiger partial charge in [-0.1, -0.05) is 0 Å². The molecule has 0 bridgehead atoms. The van der Waals surface area contributed by atoms with Gasteiger partial charge in [0.2, 0.25) is 5.91 Å². The molecule has 17 heavy (non-hydrogen) atoms. The molecule has 1 heterocycles. The van der Waals surface area contributed by atoms with Crippen molar-refractivity contribution in [3.05, 3.63) is 28.8 Å². The van der Waals surface area contributed by atoms with E-state index in [2.05, 4.69) is 17.1 Å². The molecule has 0 aromatic heterocycles. The maximum Gasteiger partial charge on any atom is 0.248 e. The first-order valence-electron chi connectivity index (χ1n) is 5.97. The van der Waals surface area contributed by atoms with E-state index in [-0.39, 0.29) is 5.91 Å². The maximum atomic E-state index is 11.3. The van der Waals surface area contributed by atoms with Gasteiger partial charge < -0.3 is 16.0 Å². The van der Waals surface area contributed by atoms with Crippen molar-refractivity contribution in [2.75, 3.05) is 31.1 Å². The molecule has 1 aromatic carbocycles. The molecule has 3 N–H and O–H groups in total. The van der Waals surface area contributed by atoms with Crippen LogP contribution in [-0.4, -0.2) is 32.1 Å². The van der Waals surface area contributed by atoms with E-state index in [1.54, 1.807) is 0 Å². The summed E-state index contributed by atoms with van der Waals surface area (Å²) in [4.78, 5) is 13.6. The number of primary amides is 1. The van der Waals surface area contributed by atoms with Crippen molar-refractivity contribution >= 4 is 11.6 Å². The second kappa shape index (κ2) is 4.75. The number of nitrogens with one attached hydrogen (secondary N) is 1. The fourth-order valence-electron chi connectivity index (χ4n) is 2.32. The van der Waals surface area contributed by atoms with Crippen LogP contribution in [-0.2, 0) is 0 Å². The first-order valence-corrected chi connectivity index (χ1v) is 5.97. The molecule has 0 aliphatic carbocycles. The molecule has 4 heteroatoms. The average molecular weight is 233 g/mol. The number of hydrogen-bond acceptors (Lipinski definition) is 3. The molecule has 0 saturated carbocycles. The highest BCUT2D eigenvalue weighted by Crippen LogP contribution is 2.25. The average Bonchev–Trinajstić information content (AvgIpc) is 2.33. The number of nitrogens with zero attached hydrogens (tertiary/aromatic N) is 1. The Balaban J connectivity index is 2.36. The van der Waals surface area contributed by atoms with Crippen molar-refractivity contribution in [2.45, 2.75) is 13.8 Å². The van der Waals surface area contributed by atoms with E-state index in [0.29, 0.717) is 5.56 Å². The van der Waals surface area contributed by atoms with Crippen molar-refractivity contribution in [3.63, 3.8) is 0 Å². The minimum atomic E-state index is -0.350. The van der Waals surface area contributed by atoms with Crippen LogP contribution in [0.3, 0.4) is 0 Å². The molecule has 0 radical (unpaired) electrons. The van der Waals surface area contributed by atoms with Crippen LogP contribution >= 0.6 is 0 Å². The fraction of sp³-hybridized carbons (Fsp3) is 0.462. The van der Waals surface area contributed by atoms with Gasteiger partial charge in [0.05, 0.1) is 0 Å². The SMILES string of the molecule is Cc1c(C(N)=O)ccc(N2CCNCC2)c1C. The van der Waals surface area contributed by atoms with Gasteiger partial charge in [-0.15, -0.1) is 0 Å². The lowest BCUT2D eigenvalue weighted by molar-refractivity contribution is 0.0999. The summed E-state index contributed by atoms with van der Waals surface area (Å²) >= 11 is 0. The van der Waals surface area contributed by atoms with Crippen LogP contribution in [0, 0.1) is 13.8 Å². The molecule has 4 nitrogen and oxygen atoms in total. The van der Waals surface area contributed by atoms with Gasteiger partial charge in [0.15, 0.2) is 0 Å². The lowest BCUT2D eigenvalue weighted by Crippen LogP contribution is -2.43. The molecular weight excluding hydrogens is 214 g/mol. The second-order valence-electron chi connectivity index (χ2n) is 4.48. The lowest BCUT2D eigenvalue weighted by Gasteiger charge is -2.31. The normalized spacial score (nSPS) is 16.0. The number of carbonyl (C=O) groups is 1. The third kappa shape index (κ3) is 2.26. The highest BCUT2D eigenvalue weighted by molar-refractivity contribution is 5.95. The molecule has 2 rings (SSSR count). The van der Waals surface area contributed by atoms with Gasteiger partial charge in [0, 0.05) is 37.4 Å². The summed E-state index contributed by atoms with van der Waals surface area (Å²) in [7, 11) is 0. The summed E-state index contributed by atoms with van der Waals surface area (Å²) in [5.41, 5.74) is 9.34. The van der Waals surface area contributed by atoms with Crippen LogP contribution in [0.4, 0.5) is 5.69 Å². The molecule has 1 aromatic rings. The summed E-state index contributed by atoms with van der Waals surface area (Å²) in [6.07, 6.45) is 0. The second-order valence-corrected chi connectivity index (χ2v) is 4.48. The molecule has 1 aliphatic heterocycles. The minimum Gasteiger partial charge on any atom is -0.369 e. The largest absolute Gasteiger partial charge is 0.369 e. The topological polar surface area (TPSA) is 58.4 Å². The van der Waals surface area contributed by atoms with Crippen LogP contribution in [0.1, 0.15) is 21.5 Å². The van der Waals surface area contributed by atoms with Gasteiger partial charge >= 0.3 is 0 Å². The summed E-state index contributed by atoms with van der Waals surface area (Å²) in [6, 6.07) is 3.84. The summed E-state index contributed by atoms with van der Waals surface area (Å²) < 4.78 is 0. The number of amides is 1. The van der Waals surface area contributed by atoms with Crippen LogP contribution < -0.4 is 16.0 Å². The molecule has 0 unspecified atom stereocenters. The summed E-state index contributed by atoms with van der Waals surface area (Å²) in [6.45, 7) is 8.05. The first kappa shape index (κ1) is 11.9. The zero-order valence-electron chi connectivity index (χ0n) is 10.4. The van der Waals surface area contributed by atoms with Crippen LogP contribution in [0.5, 0.6) is 0 Å². The minimum absolute atomic E-state index is 0.350. The molecule has 1 aliphatic rings. The number of carbonyl (C=O) groups excluding carboxylic acids is 1. The monoisotopic (exact) mass is 233 g/mol. The van der Waals surface area contributed by atoms with Gasteiger partial charge in [-0.2, -0.15) is 0 Å². The molecule has 1 amide bonds. The van der Waals surface area contributed by atoms with E-state index in [9.17, 15) is 4.79 Å². The summed E-state index contributed by atoms with van der Waals surface area (Å²) in [5, 5.41) is 3.33. The zero-order valence-corrected chi connectivity index (χ0v) is 10.4. The van der Waals surface area contributed by atoms with Crippen molar-refractivity contribution in [1.29, 1.82) is 0 Å². The number of rotatable bonds is 2. The molecule has 0 spiro atoms. The van der Waals surface area contributed by atoms with E-state index >= 15 is 0 Å². The number of piperazine rings is 1. The van der Waals surface area contributed by atoms with E-state index < -0.39 is 0 Å². The van der Waals surface area contributed by atoms with Crippen molar-refractivity contribution < 1.29 is 4.79 Å². The van der Waals surface area contributed by atoms with E-state index in [1.807, 2.05) is 19.1 Å². The standard InChI is InChI=1S/C13H19N3O/c1-9-10(2)12(4-3-11(9)13(14)17)16-7-5-15-6-8-16/h3-4,15H,5-8H2,1-2H3,(H2,14,17). The fourth-order valence-corrected chi connectivity index (χ4v) is 2.32. The van der Waals surface area contributed by atoms with Gasteiger partial charge in [0.1, 0.15) is 0 Å². The summed E-state index contributed by atoms with van der Waals surface area (Å²) in [5.74, 6) is -0.350. The highest BCUT2D eigenvalue weighted by Gasteiger charge is 2.16. The Kier molecular flexibility index (Phi) is 3.33. The van der Waals surface area contributed by atoms with Gasteiger partial charge in [-0.25, -0.2) is 0 Å². The van der Waals surface area contributed by atoms with E-state index in [1.165, 1.54) is 5.69 Å². The van der Waals surface area contributed by atoms with Gasteiger partial charge in [0.25, 0.3) is 0 Å². The van der Waals surface area contributed by atoms with Crippen molar-refractivity contribution in [1.82, 2.24) is 5.32 Å². The Labute approximate surface area is 102 Å². The molecule has 92 valence electrons. The Bertz CT molecular complexity index is 437. The predicted molar refractivity (Wildman–Crippen MR) is 69.5 cm³/mol. The molecule has 1 fully saturated rings. The number of nitrogens with two attached hydrogens (primary N) is 1. The smallest absolute Gasteiger partial charge is 0.248 e. The Morgan fingerprint density at radius 2 is 1.88 bits per heavy atom. The van der Waals surface area contributed by atoms with Crippen molar-refractivity contribution in [3.8, 4) is 0 Å². The van der Waals surface area contributed by atoms with Crippen LogP contribution in [0.15, 0.2) is 12.1 Å². The highest BCUT2D eigenvalue weighted by atomic mass is 16.1. The zero-order chi connectivity index (χ0) is 12.4. The molecule has 1 saturated heterocycles. The van der Waals surface area contributed by atoms with Gasteiger partial charge in [-0.05, 0) is 37.1 Å². The van der Waals surface area contributed by atoms with Crippen LogP contribution in [0.25, 0.3) is 0 Å². The predicted octanol–water partition coefficient (Wildman–Crippen LogP) is 0.812. The number of anilines is 1. The lowest BCUT2D eigenvalue weighted by atomic mass is 10.00. The third-order valence-corrected chi connectivity index (χ3v) is 3.48. The third-order valence-electron chi connectivity index (χ3n) is 3.48. The van der Waals surface area contributed by atoms with Crippen molar-refractivity contribution in [2.24, 2.45) is 5.73 Å². The molecular formula is C13H19N3O. The Morgan fingerprint density at radius 3 is 2.47 bits per heavy atom. The Morgan fingerprint density at radius 1 is 1.24 bits per heavy atom.